The Balaban J connectivity index is 2.59. The highest BCUT2D eigenvalue weighted by Crippen LogP contribution is 2.15. The van der Waals surface area contributed by atoms with E-state index in [0.717, 1.165) is 4.68 Å². The molecule has 1 heterocycles. The summed E-state index contributed by atoms with van der Waals surface area (Å²) in [6.07, 6.45) is 1.48. The summed E-state index contributed by atoms with van der Waals surface area (Å²) in [5.74, 6) is -0.0417. The van der Waals surface area contributed by atoms with Crippen molar-refractivity contribution >= 4 is 27.6 Å². The highest BCUT2D eigenvalue weighted by molar-refractivity contribution is 9.10. The minimum atomic E-state index is -0.528. The maximum absolute atomic E-state index is 12.0. The summed E-state index contributed by atoms with van der Waals surface area (Å²) in [5, 5.41) is 6.98. The van der Waals surface area contributed by atoms with E-state index in [0.29, 0.717) is 35.8 Å². The van der Waals surface area contributed by atoms with Gasteiger partial charge in [0.25, 0.3) is 5.56 Å². The third-order valence-electron chi connectivity index (χ3n) is 2.50. The lowest BCUT2D eigenvalue weighted by Crippen LogP contribution is -2.28. The van der Waals surface area contributed by atoms with E-state index in [1.807, 2.05) is 0 Å². The minimum Gasteiger partial charge on any atom is -0.468 e. The smallest absolute Gasteiger partial charge is 0.327 e. The van der Waals surface area contributed by atoms with Crippen LogP contribution in [-0.2, 0) is 20.8 Å². The average molecular weight is 362 g/mol. The molecule has 1 aromatic rings. The van der Waals surface area contributed by atoms with Crippen LogP contribution >= 0.6 is 15.9 Å². The number of carbonyl (C=O) groups is 1. The predicted octanol–water partition coefficient (Wildman–Crippen LogP) is 1.26. The zero-order chi connectivity index (χ0) is 15.8. The first kappa shape index (κ1) is 17.6. The largest absolute Gasteiger partial charge is 0.468 e. The number of hydrogen-bond donors (Lipinski definition) is 1. The Bertz CT molecular complexity index is 531. The second-order valence-electron chi connectivity index (χ2n) is 4.81. The molecule has 0 amide bonds. The van der Waals surface area contributed by atoms with Gasteiger partial charge < -0.3 is 14.8 Å². The molecule has 1 aromatic heterocycles. The zero-order valence-electron chi connectivity index (χ0n) is 12.4. The first-order valence-corrected chi connectivity index (χ1v) is 7.39. The van der Waals surface area contributed by atoms with Gasteiger partial charge in [0.15, 0.2) is 0 Å². The standard InChI is InChI=1S/C13H20BrN3O4/c1-9(2)8-21-5-4-15-10-6-16-17(7-11(18)20-3)13(19)12(10)14/h6,9,15H,4-5,7-8H2,1-3H3. The summed E-state index contributed by atoms with van der Waals surface area (Å²) < 4.78 is 11.3. The maximum Gasteiger partial charge on any atom is 0.327 e. The van der Waals surface area contributed by atoms with Crippen molar-refractivity contribution in [2.24, 2.45) is 5.92 Å². The van der Waals surface area contributed by atoms with Gasteiger partial charge in [0.2, 0.25) is 0 Å². The number of rotatable bonds is 8. The average Bonchev–Trinajstić information content (AvgIpc) is 2.45. The van der Waals surface area contributed by atoms with Gasteiger partial charge >= 0.3 is 5.97 Å². The molecule has 0 aliphatic rings. The van der Waals surface area contributed by atoms with Crippen LogP contribution in [0, 0.1) is 5.92 Å². The molecule has 8 heteroatoms. The third-order valence-corrected chi connectivity index (χ3v) is 3.27. The Labute approximate surface area is 131 Å². The number of carbonyl (C=O) groups excluding carboxylic acids is 1. The van der Waals surface area contributed by atoms with Crippen LogP contribution in [0.15, 0.2) is 15.5 Å². The molecule has 1 N–H and O–H groups in total. The molecule has 0 spiro atoms. The fourth-order valence-electron chi connectivity index (χ4n) is 1.46. The summed E-state index contributed by atoms with van der Waals surface area (Å²) >= 11 is 3.21. The van der Waals surface area contributed by atoms with E-state index in [9.17, 15) is 9.59 Å². The van der Waals surface area contributed by atoms with Crippen molar-refractivity contribution in [2.45, 2.75) is 20.4 Å². The zero-order valence-corrected chi connectivity index (χ0v) is 14.0. The third kappa shape index (κ3) is 5.84. The molecule has 0 saturated carbocycles. The van der Waals surface area contributed by atoms with Crippen LogP contribution in [0.3, 0.4) is 0 Å². The summed E-state index contributed by atoms with van der Waals surface area (Å²) in [5.41, 5.74) is 0.169. The van der Waals surface area contributed by atoms with Gasteiger partial charge in [-0.3, -0.25) is 9.59 Å². The van der Waals surface area contributed by atoms with E-state index < -0.39 is 11.5 Å². The fraction of sp³-hybridized carbons (Fsp3) is 0.615. The first-order chi connectivity index (χ1) is 9.95. The fourth-order valence-corrected chi connectivity index (χ4v) is 1.91. The van der Waals surface area contributed by atoms with Crippen molar-refractivity contribution in [2.75, 3.05) is 32.2 Å². The van der Waals surface area contributed by atoms with Crippen LogP contribution in [0.1, 0.15) is 13.8 Å². The van der Waals surface area contributed by atoms with Crippen LogP contribution in [0.5, 0.6) is 0 Å². The van der Waals surface area contributed by atoms with Crippen molar-refractivity contribution in [3.05, 3.63) is 21.0 Å². The Morgan fingerprint density at radius 2 is 2.24 bits per heavy atom. The lowest BCUT2D eigenvalue weighted by molar-refractivity contribution is -0.141. The lowest BCUT2D eigenvalue weighted by Gasteiger charge is -2.11. The predicted molar refractivity (Wildman–Crippen MR) is 82.4 cm³/mol. The van der Waals surface area contributed by atoms with Gasteiger partial charge in [0.05, 0.1) is 25.6 Å². The first-order valence-electron chi connectivity index (χ1n) is 6.59. The minimum absolute atomic E-state index is 0.217. The van der Waals surface area contributed by atoms with Gasteiger partial charge in [0, 0.05) is 13.2 Å². The Morgan fingerprint density at radius 1 is 1.52 bits per heavy atom. The second-order valence-corrected chi connectivity index (χ2v) is 5.60. The Hall–Kier alpha value is -1.41. The van der Waals surface area contributed by atoms with E-state index >= 15 is 0 Å². The molecule has 0 bridgehead atoms. The topological polar surface area (TPSA) is 82.5 Å². The van der Waals surface area contributed by atoms with Crippen LogP contribution in [0.4, 0.5) is 5.69 Å². The van der Waals surface area contributed by atoms with Gasteiger partial charge in [0.1, 0.15) is 11.0 Å². The number of hydrogen-bond acceptors (Lipinski definition) is 6. The number of aromatic nitrogens is 2. The van der Waals surface area contributed by atoms with E-state index in [2.05, 4.69) is 44.9 Å². The molecule has 0 fully saturated rings. The molecular formula is C13H20BrN3O4. The van der Waals surface area contributed by atoms with Gasteiger partial charge in [-0.25, -0.2) is 4.68 Å². The molecule has 0 aliphatic heterocycles. The highest BCUT2D eigenvalue weighted by Gasteiger charge is 2.11. The number of methoxy groups -OCH3 is 1. The van der Waals surface area contributed by atoms with Crippen LogP contribution in [0.25, 0.3) is 0 Å². The second kappa shape index (κ2) is 8.78. The summed E-state index contributed by atoms with van der Waals surface area (Å²) in [7, 11) is 1.26. The molecule has 0 aliphatic carbocycles. The van der Waals surface area contributed by atoms with E-state index in [4.69, 9.17) is 4.74 Å². The molecule has 21 heavy (non-hydrogen) atoms. The van der Waals surface area contributed by atoms with E-state index in [1.54, 1.807) is 0 Å². The van der Waals surface area contributed by atoms with Gasteiger partial charge in [-0.2, -0.15) is 5.10 Å². The van der Waals surface area contributed by atoms with Gasteiger partial charge in [-0.1, -0.05) is 13.8 Å². The molecule has 0 saturated heterocycles. The van der Waals surface area contributed by atoms with Crippen LogP contribution in [-0.4, -0.2) is 42.6 Å². The number of halogens is 1. The number of nitrogens with one attached hydrogen (secondary N) is 1. The summed E-state index contributed by atoms with van der Waals surface area (Å²) in [6.45, 7) is 5.74. The SMILES string of the molecule is COC(=O)Cn1ncc(NCCOCC(C)C)c(Br)c1=O. The maximum atomic E-state index is 12.0. The molecule has 118 valence electrons. The molecular weight excluding hydrogens is 342 g/mol. The Kier molecular flexibility index (Phi) is 7.38. The number of anilines is 1. The Morgan fingerprint density at radius 3 is 2.86 bits per heavy atom. The van der Waals surface area contributed by atoms with Crippen LogP contribution < -0.4 is 10.9 Å². The summed E-state index contributed by atoms with van der Waals surface area (Å²) in [6, 6.07) is 0. The van der Waals surface area contributed by atoms with E-state index in [-0.39, 0.29) is 6.54 Å². The number of ether oxygens (including phenoxy) is 2. The van der Waals surface area contributed by atoms with Crippen LogP contribution in [0.2, 0.25) is 0 Å². The van der Waals surface area contributed by atoms with Crippen molar-refractivity contribution < 1.29 is 14.3 Å². The molecule has 0 atom stereocenters. The summed E-state index contributed by atoms with van der Waals surface area (Å²) in [4.78, 5) is 23.2. The molecule has 7 nitrogen and oxygen atoms in total. The molecule has 0 radical (unpaired) electrons. The monoisotopic (exact) mass is 361 g/mol. The van der Waals surface area contributed by atoms with Gasteiger partial charge in [-0.15, -0.1) is 0 Å². The highest BCUT2D eigenvalue weighted by atomic mass is 79.9. The van der Waals surface area contributed by atoms with Crippen molar-refractivity contribution in [1.82, 2.24) is 9.78 Å². The number of nitrogens with zero attached hydrogens (tertiary/aromatic N) is 2. The van der Waals surface area contributed by atoms with Crippen molar-refractivity contribution in [3.63, 3.8) is 0 Å². The molecule has 0 aromatic carbocycles. The normalized spacial score (nSPS) is 10.7. The van der Waals surface area contributed by atoms with Crippen molar-refractivity contribution in [1.29, 1.82) is 0 Å². The quantitative estimate of drug-likeness (QED) is 0.554. The van der Waals surface area contributed by atoms with E-state index in [1.165, 1.54) is 13.3 Å². The molecule has 1 rings (SSSR count). The van der Waals surface area contributed by atoms with Gasteiger partial charge in [-0.05, 0) is 21.8 Å². The number of esters is 1. The molecule has 0 unspecified atom stereocenters. The lowest BCUT2D eigenvalue weighted by atomic mass is 10.2. The van der Waals surface area contributed by atoms with Crippen molar-refractivity contribution in [3.8, 4) is 0 Å².